The van der Waals surface area contributed by atoms with Crippen LogP contribution in [0.15, 0.2) is 36.5 Å². The summed E-state index contributed by atoms with van der Waals surface area (Å²) in [5.41, 5.74) is 3.86. The Bertz CT molecular complexity index is 690. The van der Waals surface area contributed by atoms with Crippen LogP contribution in [0, 0.1) is 6.92 Å². The van der Waals surface area contributed by atoms with Gasteiger partial charge in [-0.25, -0.2) is 4.98 Å². The van der Waals surface area contributed by atoms with E-state index in [9.17, 15) is 0 Å². The number of piperazine rings is 1. The van der Waals surface area contributed by atoms with Crippen LogP contribution in [-0.2, 0) is 6.54 Å². The van der Waals surface area contributed by atoms with Crippen molar-refractivity contribution in [2.24, 2.45) is 0 Å². The van der Waals surface area contributed by atoms with Crippen LogP contribution in [0.1, 0.15) is 22.7 Å². The van der Waals surface area contributed by atoms with E-state index in [-0.39, 0.29) is 0 Å². The standard InChI is InChI=1S/C19H25N3O2/c1-14-6-4-5-7-16(14)17-13-22(9-8-20-17)12-15-10-18(23-2)19(24-3)21-11-15/h4-7,10-11,17,20H,8-9,12-13H2,1-3H3/t17-/m1/s1. The van der Waals surface area contributed by atoms with Crippen LogP contribution in [0.2, 0.25) is 0 Å². The Morgan fingerprint density at radius 3 is 2.83 bits per heavy atom. The molecular weight excluding hydrogens is 302 g/mol. The highest BCUT2D eigenvalue weighted by atomic mass is 16.5. The van der Waals surface area contributed by atoms with Gasteiger partial charge in [0.2, 0.25) is 0 Å². The number of benzene rings is 1. The summed E-state index contributed by atoms with van der Waals surface area (Å²) in [7, 11) is 3.25. The number of methoxy groups -OCH3 is 2. The molecule has 0 spiro atoms. The van der Waals surface area contributed by atoms with Crippen molar-refractivity contribution >= 4 is 0 Å². The predicted molar refractivity (Wildman–Crippen MR) is 94.5 cm³/mol. The van der Waals surface area contributed by atoms with Crippen molar-refractivity contribution in [3.8, 4) is 11.6 Å². The van der Waals surface area contributed by atoms with Crippen molar-refractivity contribution in [3.05, 3.63) is 53.2 Å². The summed E-state index contributed by atoms with van der Waals surface area (Å²) in [6.45, 7) is 6.03. The SMILES string of the molecule is COc1cc(CN2CCN[C@@H](c3ccccc3C)C2)cnc1OC. The number of aromatic nitrogens is 1. The number of nitrogens with one attached hydrogen (secondary N) is 1. The summed E-state index contributed by atoms with van der Waals surface area (Å²) >= 11 is 0. The third-order valence-corrected chi connectivity index (χ3v) is 4.52. The minimum absolute atomic E-state index is 0.369. The zero-order chi connectivity index (χ0) is 16.9. The van der Waals surface area contributed by atoms with Gasteiger partial charge < -0.3 is 14.8 Å². The molecule has 1 N–H and O–H groups in total. The molecule has 1 aliphatic heterocycles. The van der Waals surface area contributed by atoms with Crippen LogP contribution in [0.25, 0.3) is 0 Å². The van der Waals surface area contributed by atoms with E-state index >= 15 is 0 Å². The maximum Gasteiger partial charge on any atom is 0.256 e. The summed E-state index contributed by atoms with van der Waals surface area (Å²) in [6, 6.07) is 11.0. The maximum absolute atomic E-state index is 5.35. The molecule has 1 aromatic carbocycles. The second-order valence-electron chi connectivity index (χ2n) is 6.15. The summed E-state index contributed by atoms with van der Waals surface area (Å²) in [6.07, 6.45) is 1.87. The van der Waals surface area contributed by atoms with E-state index in [1.54, 1.807) is 14.2 Å². The summed E-state index contributed by atoms with van der Waals surface area (Å²) in [5.74, 6) is 1.21. The lowest BCUT2D eigenvalue weighted by Gasteiger charge is -2.34. The van der Waals surface area contributed by atoms with Crippen molar-refractivity contribution in [2.75, 3.05) is 33.9 Å². The highest BCUT2D eigenvalue weighted by molar-refractivity contribution is 5.36. The van der Waals surface area contributed by atoms with Gasteiger partial charge in [-0.15, -0.1) is 0 Å². The molecule has 0 unspecified atom stereocenters. The number of pyridine rings is 1. The average molecular weight is 327 g/mol. The van der Waals surface area contributed by atoms with E-state index < -0.39 is 0 Å². The fraction of sp³-hybridized carbons (Fsp3) is 0.421. The monoisotopic (exact) mass is 327 g/mol. The first-order valence-corrected chi connectivity index (χ1v) is 8.29. The van der Waals surface area contributed by atoms with Crippen molar-refractivity contribution < 1.29 is 9.47 Å². The Balaban J connectivity index is 1.71. The minimum atomic E-state index is 0.369. The zero-order valence-corrected chi connectivity index (χ0v) is 14.6. The largest absolute Gasteiger partial charge is 0.491 e. The Morgan fingerprint density at radius 2 is 2.08 bits per heavy atom. The summed E-state index contributed by atoms with van der Waals surface area (Å²) < 4.78 is 10.6. The van der Waals surface area contributed by atoms with Crippen LogP contribution in [0.5, 0.6) is 11.6 Å². The topological polar surface area (TPSA) is 46.6 Å². The van der Waals surface area contributed by atoms with E-state index in [4.69, 9.17) is 9.47 Å². The molecular formula is C19H25N3O2. The highest BCUT2D eigenvalue weighted by Gasteiger charge is 2.22. The van der Waals surface area contributed by atoms with Gasteiger partial charge in [0.15, 0.2) is 5.75 Å². The Morgan fingerprint density at radius 1 is 1.25 bits per heavy atom. The molecule has 1 aromatic heterocycles. The van der Waals surface area contributed by atoms with Crippen LogP contribution in [0.3, 0.4) is 0 Å². The maximum atomic E-state index is 5.35. The van der Waals surface area contributed by atoms with Crippen molar-refractivity contribution in [2.45, 2.75) is 19.5 Å². The number of ether oxygens (including phenoxy) is 2. The van der Waals surface area contributed by atoms with Gasteiger partial charge in [-0.2, -0.15) is 0 Å². The smallest absolute Gasteiger partial charge is 0.256 e. The molecule has 0 amide bonds. The highest BCUT2D eigenvalue weighted by Crippen LogP contribution is 2.26. The Kier molecular flexibility index (Phi) is 5.33. The lowest BCUT2D eigenvalue weighted by atomic mass is 9.99. The molecule has 5 nitrogen and oxygen atoms in total. The van der Waals surface area contributed by atoms with E-state index in [1.165, 1.54) is 11.1 Å². The first-order valence-electron chi connectivity index (χ1n) is 8.29. The van der Waals surface area contributed by atoms with Crippen LogP contribution < -0.4 is 14.8 Å². The molecule has 0 radical (unpaired) electrons. The summed E-state index contributed by atoms with van der Waals surface area (Å²) in [5, 5.41) is 3.63. The predicted octanol–water partition coefficient (Wildman–Crippen LogP) is 2.55. The van der Waals surface area contributed by atoms with Crippen molar-refractivity contribution in [1.82, 2.24) is 15.2 Å². The normalized spacial score (nSPS) is 18.4. The Hall–Kier alpha value is -2.11. The quantitative estimate of drug-likeness (QED) is 0.914. The minimum Gasteiger partial charge on any atom is -0.491 e. The second-order valence-corrected chi connectivity index (χ2v) is 6.15. The first kappa shape index (κ1) is 16.7. The molecule has 0 aliphatic carbocycles. The van der Waals surface area contributed by atoms with Gasteiger partial charge in [0.1, 0.15) is 0 Å². The van der Waals surface area contributed by atoms with Gasteiger partial charge in [-0.05, 0) is 29.7 Å². The van der Waals surface area contributed by atoms with Crippen LogP contribution >= 0.6 is 0 Å². The fourth-order valence-corrected chi connectivity index (χ4v) is 3.26. The van der Waals surface area contributed by atoms with Gasteiger partial charge in [-0.1, -0.05) is 24.3 Å². The molecule has 128 valence electrons. The van der Waals surface area contributed by atoms with Crippen molar-refractivity contribution in [1.29, 1.82) is 0 Å². The van der Waals surface area contributed by atoms with Crippen LogP contribution in [0.4, 0.5) is 0 Å². The van der Waals surface area contributed by atoms with Gasteiger partial charge >= 0.3 is 0 Å². The van der Waals surface area contributed by atoms with Crippen LogP contribution in [-0.4, -0.2) is 43.7 Å². The van der Waals surface area contributed by atoms with Gasteiger partial charge in [0, 0.05) is 38.4 Å². The first-order chi connectivity index (χ1) is 11.7. The van der Waals surface area contributed by atoms with E-state index in [1.807, 2.05) is 12.3 Å². The van der Waals surface area contributed by atoms with Gasteiger partial charge in [0.05, 0.1) is 14.2 Å². The number of rotatable bonds is 5. The molecule has 2 heterocycles. The second kappa shape index (κ2) is 7.64. The van der Waals surface area contributed by atoms with Gasteiger partial charge in [0.25, 0.3) is 5.88 Å². The molecule has 3 rings (SSSR count). The fourth-order valence-electron chi connectivity index (χ4n) is 3.26. The third kappa shape index (κ3) is 3.68. The molecule has 2 aromatic rings. The average Bonchev–Trinajstić information content (AvgIpc) is 2.62. The molecule has 1 atom stereocenters. The van der Waals surface area contributed by atoms with E-state index in [0.29, 0.717) is 17.7 Å². The number of nitrogens with zero attached hydrogens (tertiary/aromatic N) is 2. The number of aryl methyl sites for hydroxylation is 1. The molecule has 24 heavy (non-hydrogen) atoms. The lowest BCUT2D eigenvalue weighted by molar-refractivity contribution is 0.192. The van der Waals surface area contributed by atoms with Crippen molar-refractivity contribution in [3.63, 3.8) is 0 Å². The van der Waals surface area contributed by atoms with E-state index in [0.717, 1.165) is 31.7 Å². The number of hydrogen-bond donors (Lipinski definition) is 1. The molecule has 0 saturated carbocycles. The molecule has 1 fully saturated rings. The number of hydrogen-bond acceptors (Lipinski definition) is 5. The van der Waals surface area contributed by atoms with E-state index in [2.05, 4.69) is 46.4 Å². The molecule has 5 heteroatoms. The summed E-state index contributed by atoms with van der Waals surface area (Å²) in [4.78, 5) is 6.79. The molecule has 1 saturated heterocycles. The Labute approximate surface area is 143 Å². The zero-order valence-electron chi connectivity index (χ0n) is 14.6. The third-order valence-electron chi connectivity index (χ3n) is 4.52. The van der Waals surface area contributed by atoms with Gasteiger partial charge in [-0.3, -0.25) is 4.90 Å². The lowest BCUT2D eigenvalue weighted by Crippen LogP contribution is -2.45. The molecule has 1 aliphatic rings. The molecule has 0 bridgehead atoms.